The second kappa shape index (κ2) is 5.21. The van der Waals surface area contributed by atoms with E-state index < -0.39 is 17.0 Å². The highest BCUT2D eigenvalue weighted by Crippen LogP contribution is 2.70. The zero-order valence-electron chi connectivity index (χ0n) is 15.3. The van der Waals surface area contributed by atoms with E-state index >= 15 is 0 Å². The molecule has 1 heterocycles. The van der Waals surface area contributed by atoms with Crippen LogP contribution in [0.1, 0.15) is 71.6 Å². The van der Waals surface area contributed by atoms with E-state index in [9.17, 15) is 19.8 Å². The van der Waals surface area contributed by atoms with E-state index in [0.29, 0.717) is 18.8 Å². The van der Waals surface area contributed by atoms with Crippen LogP contribution >= 0.6 is 0 Å². The van der Waals surface area contributed by atoms with E-state index in [1.54, 1.807) is 0 Å². The minimum Gasteiger partial charge on any atom is -0.481 e. The summed E-state index contributed by atoms with van der Waals surface area (Å²) in [4.78, 5) is 24.5. The molecule has 2 bridgehead atoms. The molecule has 3 aliphatic carbocycles. The molecule has 3 saturated carbocycles. The molecule has 140 valence electrons. The van der Waals surface area contributed by atoms with Gasteiger partial charge in [0.05, 0.1) is 18.4 Å². The van der Waals surface area contributed by atoms with Gasteiger partial charge < -0.3 is 14.9 Å². The normalized spacial score (nSPS) is 51.9. The highest BCUT2D eigenvalue weighted by molar-refractivity contribution is 5.75. The van der Waals surface area contributed by atoms with Gasteiger partial charge in [-0.2, -0.15) is 0 Å². The summed E-state index contributed by atoms with van der Waals surface area (Å²) in [6, 6.07) is 0. The average Bonchev–Trinajstić information content (AvgIpc) is 2.53. The Labute approximate surface area is 149 Å². The van der Waals surface area contributed by atoms with Gasteiger partial charge in [0.2, 0.25) is 0 Å². The monoisotopic (exact) mass is 350 g/mol. The third-order valence-corrected chi connectivity index (χ3v) is 8.61. The number of ether oxygens (including phenoxy) is 1. The molecule has 2 N–H and O–H groups in total. The number of aliphatic hydroxyl groups excluding tert-OH is 1. The molecule has 0 radical (unpaired) electrons. The summed E-state index contributed by atoms with van der Waals surface area (Å²) in [7, 11) is 0. The number of carbonyl (C=O) groups excluding carboxylic acids is 1. The Morgan fingerprint density at radius 3 is 2.56 bits per heavy atom. The Morgan fingerprint density at radius 1 is 1.16 bits per heavy atom. The van der Waals surface area contributed by atoms with E-state index in [0.717, 1.165) is 44.9 Å². The number of rotatable bonds is 2. The van der Waals surface area contributed by atoms with Crippen LogP contribution in [0.5, 0.6) is 0 Å². The lowest BCUT2D eigenvalue weighted by molar-refractivity contribution is -0.239. The molecule has 4 fully saturated rings. The molecule has 5 nitrogen and oxygen atoms in total. The number of aliphatic hydroxyl groups is 1. The molecule has 0 aromatic carbocycles. The fourth-order valence-corrected chi connectivity index (χ4v) is 7.62. The van der Waals surface area contributed by atoms with Crippen LogP contribution in [-0.4, -0.2) is 34.4 Å². The third kappa shape index (κ3) is 2.17. The summed E-state index contributed by atoms with van der Waals surface area (Å²) >= 11 is 0. The number of hydrogen-bond acceptors (Lipinski definition) is 4. The Bertz CT molecular complexity index is 617. The van der Waals surface area contributed by atoms with Crippen molar-refractivity contribution in [2.75, 3.05) is 6.61 Å². The van der Waals surface area contributed by atoms with Crippen molar-refractivity contribution < 1.29 is 24.5 Å². The molecule has 0 unspecified atom stereocenters. The molecule has 1 saturated heterocycles. The first-order chi connectivity index (χ1) is 11.7. The van der Waals surface area contributed by atoms with Gasteiger partial charge in [-0.15, -0.1) is 0 Å². The summed E-state index contributed by atoms with van der Waals surface area (Å²) in [5.74, 6) is -0.321. The van der Waals surface area contributed by atoms with Crippen LogP contribution in [0.2, 0.25) is 0 Å². The molecule has 4 aliphatic rings. The summed E-state index contributed by atoms with van der Waals surface area (Å²) in [5.41, 5.74) is -1.50. The van der Waals surface area contributed by atoms with Crippen LogP contribution in [0.25, 0.3) is 0 Å². The van der Waals surface area contributed by atoms with Crippen molar-refractivity contribution in [1.82, 2.24) is 0 Å². The lowest BCUT2D eigenvalue weighted by Gasteiger charge is -2.67. The Morgan fingerprint density at radius 2 is 1.88 bits per heavy atom. The van der Waals surface area contributed by atoms with Gasteiger partial charge in [0.15, 0.2) is 0 Å². The maximum absolute atomic E-state index is 12.4. The van der Waals surface area contributed by atoms with Gasteiger partial charge in [-0.3, -0.25) is 9.59 Å². The number of hydrogen-bond donors (Lipinski definition) is 2. The Hall–Kier alpha value is -1.10. The van der Waals surface area contributed by atoms with Gasteiger partial charge >= 0.3 is 11.9 Å². The van der Waals surface area contributed by atoms with E-state index in [1.807, 2.05) is 6.92 Å². The number of aliphatic carboxylic acids is 1. The van der Waals surface area contributed by atoms with E-state index in [-0.39, 0.29) is 29.3 Å². The number of esters is 1. The van der Waals surface area contributed by atoms with E-state index in [1.165, 1.54) is 0 Å². The van der Waals surface area contributed by atoms with Crippen LogP contribution < -0.4 is 0 Å². The maximum Gasteiger partial charge on any atom is 0.309 e. The smallest absolute Gasteiger partial charge is 0.309 e. The summed E-state index contributed by atoms with van der Waals surface area (Å²) in [6.07, 6.45) is 7.31. The minimum absolute atomic E-state index is 0.0388. The lowest BCUT2D eigenvalue weighted by Crippen LogP contribution is -2.64. The van der Waals surface area contributed by atoms with E-state index in [2.05, 4.69) is 6.92 Å². The molecule has 4 rings (SSSR count). The Balaban J connectivity index is 1.75. The average molecular weight is 350 g/mol. The third-order valence-electron chi connectivity index (χ3n) is 8.61. The molecule has 25 heavy (non-hydrogen) atoms. The first-order valence-corrected chi connectivity index (χ1v) is 9.76. The molecule has 6 atom stereocenters. The minimum atomic E-state index is -0.695. The second-order valence-corrected chi connectivity index (χ2v) is 9.80. The summed E-state index contributed by atoms with van der Waals surface area (Å²) in [6.45, 7) is 4.13. The van der Waals surface area contributed by atoms with Gasteiger partial charge in [-0.25, -0.2) is 0 Å². The highest BCUT2D eigenvalue weighted by Gasteiger charge is 2.67. The Kier molecular flexibility index (Phi) is 3.61. The first kappa shape index (κ1) is 17.3. The highest BCUT2D eigenvalue weighted by atomic mass is 16.6. The standard InChI is InChI=1S/C20H30O5/c1-17-6-3-7-18(2,16(23)24)13(17)4-8-19-10-15(22)25-20(11-19,12-21)9-5-14(17)19/h13-14,21H,3-12H2,1-2H3,(H,23,24)/t13-,14-,17+,18+,19-,20-/m0/s1. The van der Waals surface area contributed by atoms with Crippen LogP contribution in [0, 0.1) is 28.1 Å². The zero-order chi connectivity index (χ0) is 18.1. The molecule has 0 amide bonds. The van der Waals surface area contributed by atoms with Crippen molar-refractivity contribution >= 4 is 11.9 Å². The molecular weight excluding hydrogens is 320 g/mol. The molecule has 0 aromatic rings. The predicted molar refractivity (Wildman–Crippen MR) is 90.7 cm³/mol. The van der Waals surface area contributed by atoms with Crippen LogP contribution in [0.15, 0.2) is 0 Å². The van der Waals surface area contributed by atoms with Crippen molar-refractivity contribution in [3.63, 3.8) is 0 Å². The van der Waals surface area contributed by atoms with Gasteiger partial charge in [0, 0.05) is 0 Å². The molecule has 1 aliphatic heterocycles. The SMILES string of the molecule is C[C@@]12CCC[C@@](C)(C(=O)O)[C@H]1CC[C@@]13CC(=O)O[C@@](CO)(CC[C@H]12)C3. The van der Waals surface area contributed by atoms with Crippen LogP contribution in [0.3, 0.4) is 0 Å². The molecule has 5 heteroatoms. The van der Waals surface area contributed by atoms with Crippen LogP contribution in [0.4, 0.5) is 0 Å². The predicted octanol–water partition coefficient (Wildman–Crippen LogP) is 3.14. The fourth-order valence-electron chi connectivity index (χ4n) is 7.62. The molecule has 1 spiro atoms. The number of carboxylic acids is 1. The van der Waals surface area contributed by atoms with Gasteiger partial charge in [-0.1, -0.05) is 13.3 Å². The first-order valence-electron chi connectivity index (χ1n) is 9.76. The maximum atomic E-state index is 12.4. The second-order valence-electron chi connectivity index (χ2n) is 9.80. The van der Waals surface area contributed by atoms with Crippen molar-refractivity contribution in [2.24, 2.45) is 28.1 Å². The quantitative estimate of drug-likeness (QED) is 0.748. The van der Waals surface area contributed by atoms with Gasteiger partial charge in [0.1, 0.15) is 5.60 Å². The zero-order valence-corrected chi connectivity index (χ0v) is 15.3. The molecular formula is C20H30O5. The summed E-state index contributed by atoms with van der Waals surface area (Å²) < 4.78 is 5.60. The summed E-state index contributed by atoms with van der Waals surface area (Å²) in [5, 5.41) is 19.8. The largest absolute Gasteiger partial charge is 0.481 e. The van der Waals surface area contributed by atoms with Crippen molar-refractivity contribution in [3.8, 4) is 0 Å². The van der Waals surface area contributed by atoms with Crippen LogP contribution in [-0.2, 0) is 14.3 Å². The number of fused-ring (bicyclic) bond motifs is 3. The van der Waals surface area contributed by atoms with E-state index in [4.69, 9.17) is 4.74 Å². The number of carbonyl (C=O) groups is 2. The fraction of sp³-hybridized carbons (Fsp3) is 0.900. The van der Waals surface area contributed by atoms with Crippen molar-refractivity contribution in [2.45, 2.75) is 77.2 Å². The lowest BCUT2D eigenvalue weighted by atomic mass is 9.39. The molecule has 0 aromatic heterocycles. The van der Waals surface area contributed by atoms with Crippen molar-refractivity contribution in [3.05, 3.63) is 0 Å². The topological polar surface area (TPSA) is 83.8 Å². The van der Waals surface area contributed by atoms with Crippen molar-refractivity contribution in [1.29, 1.82) is 0 Å². The number of carboxylic acid groups (broad SMARTS) is 1. The van der Waals surface area contributed by atoms with Gasteiger partial charge in [-0.05, 0) is 74.5 Å². The van der Waals surface area contributed by atoms with Gasteiger partial charge in [0.25, 0.3) is 0 Å².